The molecule has 1 amide bonds. The molecule has 1 fully saturated rings. The zero-order valence-electron chi connectivity index (χ0n) is 17.7. The Bertz CT molecular complexity index is 1110. The molecular weight excluding hydrogens is 410 g/mol. The van der Waals surface area contributed by atoms with E-state index in [-0.39, 0.29) is 12.7 Å². The molecule has 2 aromatic heterocycles. The number of anilines is 1. The van der Waals surface area contributed by atoms with Gasteiger partial charge in [-0.15, -0.1) is 10.2 Å². The molecule has 4 heterocycles. The second-order valence-corrected chi connectivity index (χ2v) is 7.41. The third-order valence-corrected chi connectivity index (χ3v) is 5.49. The quantitative estimate of drug-likeness (QED) is 0.607. The molecule has 0 unspecified atom stereocenters. The molecule has 0 atom stereocenters. The van der Waals surface area contributed by atoms with Gasteiger partial charge < -0.3 is 24.0 Å². The van der Waals surface area contributed by atoms with Crippen LogP contribution in [0, 0.1) is 0 Å². The Hall–Kier alpha value is -3.88. The topological polar surface area (TPSA) is 89.9 Å². The van der Waals surface area contributed by atoms with Crippen molar-refractivity contribution in [1.29, 1.82) is 0 Å². The molecule has 3 aromatic rings. The van der Waals surface area contributed by atoms with E-state index in [0.29, 0.717) is 44.2 Å². The summed E-state index contributed by atoms with van der Waals surface area (Å²) < 4.78 is 16.3. The van der Waals surface area contributed by atoms with Crippen molar-refractivity contribution in [2.24, 2.45) is 0 Å². The van der Waals surface area contributed by atoms with E-state index in [1.165, 1.54) is 0 Å². The van der Waals surface area contributed by atoms with E-state index in [0.717, 1.165) is 28.6 Å². The van der Waals surface area contributed by atoms with Gasteiger partial charge >= 0.3 is 0 Å². The van der Waals surface area contributed by atoms with Crippen LogP contribution in [0.25, 0.3) is 11.3 Å². The molecule has 0 N–H and O–H groups in total. The van der Waals surface area contributed by atoms with E-state index in [2.05, 4.69) is 20.1 Å². The third-order valence-electron chi connectivity index (χ3n) is 5.49. The fourth-order valence-corrected chi connectivity index (χ4v) is 3.82. The van der Waals surface area contributed by atoms with Gasteiger partial charge in [-0.25, -0.2) is 4.98 Å². The van der Waals surface area contributed by atoms with Gasteiger partial charge in [0.2, 0.25) is 12.7 Å². The maximum atomic E-state index is 13.0. The van der Waals surface area contributed by atoms with E-state index in [9.17, 15) is 4.79 Å². The van der Waals surface area contributed by atoms with Crippen molar-refractivity contribution < 1.29 is 19.0 Å². The van der Waals surface area contributed by atoms with Gasteiger partial charge in [0.15, 0.2) is 17.3 Å². The summed E-state index contributed by atoms with van der Waals surface area (Å²) >= 11 is 0. The molecule has 0 aliphatic carbocycles. The zero-order chi connectivity index (χ0) is 21.9. The average molecular weight is 433 g/mol. The Balaban J connectivity index is 1.23. The van der Waals surface area contributed by atoms with Crippen LogP contribution in [0.4, 0.5) is 5.82 Å². The number of hydrogen-bond donors (Lipinski definition) is 0. The lowest BCUT2D eigenvalue weighted by molar-refractivity contribution is 0.0741. The van der Waals surface area contributed by atoms with E-state index < -0.39 is 0 Å². The summed E-state index contributed by atoms with van der Waals surface area (Å²) in [6.45, 7) is 5.11. The largest absolute Gasteiger partial charge is 0.477 e. The maximum Gasteiger partial charge on any atom is 0.259 e. The van der Waals surface area contributed by atoms with Crippen LogP contribution in [0.5, 0.6) is 17.4 Å². The number of ether oxygens (including phenoxy) is 3. The zero-order valence-corrected chi connectivity index (χ0v) is 17.7. The van der Waals surface area contributed by atoms with Crippen LogP contribution in [0.3, 0.4) is 0 Å². The highest BCUT2D eigenvalue weighted by atomic mass is 16.7. The van der Waals surface area contributed by atoms with Gasteiger partial charge in [-0.05, 0) is 49.4 Å². The first-order valence-electron chi connectivity index (χ1n) is 10.6. The second-order valence-electron chi connectivity index (χ2n) is 7.41. The molecule has 0 saturated carbocycles. The van der Waals surface area contributed by atoms with Crippen molar-refractivity contribution in [1.82, 2.24) is 20.1 Å². The first-order valence-corrected chi connectivity index (χ1v) is 10.6. The number of piperazine rings is 1. The number of hydrogen-bond acceptors (Lipinski definition) is 8. The molecule has 2 aliphatic rings. The monoisotopic (exact) mass is 433 g/mol. The fraction of sp³-hybridized carbons (Fsp3) is 0.304. The SMILES string of the molecule is CCOc1ncccc1C(=O)N1CCN(c2ccc(-c3ccc4c(c3)OCO4)nn2)CC1. The van der Waals surface area contributed by atoms with Crippen molar-refractivity contribution in [3.63, 3.8) is 0 Å². The smallest absolute Gasteiger partial charge is 0.259 e. The van der Waals surface area contributed by atoms with Crippen LogP contribution < -0.4 is 19.1 Å². The minimum absolute atomic E-state index is 0.0644. The van der Waals surface area contributed by atoms with Crippen molar-refractivity contribution >= 4 is 11.7 Å². The lowest BCUT2D eigenvalue weighted by Gasteiger charge is -2.35. The number of rotatable bonds is 5. The van der Waals surface area contributed by atoms with Crippen LogP contribution in [0.2, 0.25) is 0 Å². The maximum absolute atomic E-state index is 13.0. The highest BCUT2D eigenvalue weighted by Crippen LogP contribution is 2.35. The Morgan fingerprint density at radius 3 is 2.66 bits per heavy atom. The lowest BCUT2D eigenvalue weighted by atomic mass is 10.1. The number of fused-ring (bicyclic) bond motifs is 1. The molecule has 0 radical (unpaired) electrons. The molecular formula is C23H23N5O4. The summed E-state index contributed by atoms with van der Waals surface area (Å²) in [6, 6.07) is 13.1. The Kier molecular flexibility index (Phi) is 5.45. The number of benzene rings is 1. The predicted molar refractivity (Wildman–Crippen MR) is 117 cm³/mol. The van der Waals surface area contributed by atoms with E-state index in [1.807, 2.05) is 42.2 Å². The summed E-state index contributed by atoms with van der Waals surface area (Å²) in [7, 11) is 0. The van der Waals surface area contributed by atoms with Gasteiger partial charge in [-0.1, -0.05) is 0 Å². The predicted octanol–water partition coefficient (Wildman–Crippen LogP) is 2.63. The highest BCUT2D eigenvalue weighted by molar-refractivity contribution is 5.96. The Morgan fingerprint density at radius 1 is 1.03 bits per heavy atom. The number of pyridine rings is 1. The molecule has 5 rings (SSSR count). The summed E-state index contributed by atoms with van der Waals surface area (Å²) in [5.41, 5.74) is 2.18. The Morgan fingerprint density at radius 2 is 1.88 bits per heavy atom. The summed E-state index contributed by atoms with van der Waals surface area (Å²) in [4.78, 5) is 21.1. The minimum Gasteiger partial charge on any atom is -0.477 e. The van der Waals surface area contributed by atoms with E-state index >= 15 is 0 Å². The van der Waals surface area contributed by atoms with E-state index in [4.69, 9.17) is 14.2 Å². The van der Waals surface area contributed by atoms with Crippen LogP contribution >= 0.6 is 0 Å². The fourth-order valence-electron chi connectivity index (χ4n) is 3.82. The first-order chi connectivity index (χ1) is 15.7. The molecule has 9 nitrogen and oxygen atoms in total. The molecule has 9 heteroatoms. The normalized spacial score (nSPS) is 15.0. The lowest BCUT2D eigenvalue weighted by Crippen LogP contribution is -2.49. The van der Waals surface area contributed by atoms with Gasteiger partial charge in [0, 0.05) is 37.9 Å². The second kappa shape index (κ2) is 8.70. The van der Waals surface area contributed by atoms with Crippen molar-refractivity contribution in [2.45, 2.75) is 6.92 Å². The van der Waals surface area contributed by atoms with Crippen LogP contribution in [0.1, 0.15) is 17.3 Å². The molecule has 0 bridgehead atoms. The van der Waals surface area contributed by atoms with Crippen LogP contribution in [-0.2, 0) is 0 Å². The average Bonchev–Trinajstić information content (AvgIpc) is 3.32. The molecule has 2 aliphatic heterocycles. The van der Waals surface area contributed by atoms with Gasteiger partial charge in [-0.2, -0.15) is 0 Å². The van der Waals surface area contributed by atoms with Crippen LogP contribution in [-0.4, -0.2) is 65.6 Å². The number of nitrogens with zero attached hydrogens (tertiary/aromatic N) is 5. The molecule has 1 aromatic carbocycles. The number of amides is 1. The first kappa shape index (κ1) is 20.0. The van der Waals surface area contributed by atoms with Gasteiger partial charge in [-0.3, -0.25) is 4.79 Å². The summed E-state index contributed by atoms with van der Waals surface area (Å²) in [5, 5.41) is 8.80. The van der Waals surface area contributed by atoms with Crippen molar-refractivity contribution in [2.75, 3.05) is 44.5 Å². The van der Waals surface area contributed by atoms with Crippen LogP contribution in [0.15, 0.2) is 48.7 Å². The minimum atomic E-state index is -0.0644. The molecule has 1 saturated heterocycles. The van der Waals surface area contributed by atoms with Crippen molar-refractivity contribution in [3.8, 4) is 28.6 Å². The molecule has 0 spiro atoms. The van der Waals surface area contributed by atoms with Crippen molar-refractivity contribution in [3.05, 3.63) is 54.2 Å². The van der Waals surface area contributed by atoms with E-state index in [1.54, 1.807) is 18.3 Å². The summed E-state index contributed by atoms with van der Waals surface area (Å²) in [5.74, 6) is 2.57. The van der Waals surface area contributed by atoms with Gasteiger partial charge in [0.05, 0.1) is 12.3 Å². The van der Waals surface area contributed by atoms with Gasteiger partial charge in [0.25, 0.3) is 5.91 Å². The third kappa shape index (κ3) is 3.89. The number of carbonyl (C=O) groups excluding carboxylic acids is 1. The standard InChI is InChI=1S/C23H23N5O4/c1-2-30-22-17(4-3-9-24-22)23(29)28-12-10-27(11-13-28)21-8-6-18(25-26-21)16-5-7-19-20(14-16)32-15-31-19/h3-9,14H,2,10-13,15H2,1H3. The number of carbonyl (C=O) groups is 1. The Labute approximate surface area is 185 Å². The summed E-state index contributed by atoms with van der Waals surface area (Å²) in [6.07, 6.45) is 1.63. The van der Waals surface area contributed by atoms with Gasteiger partial charge in [0.1, 0.15) is 5.56 Å². The molecule has 164 valence electrons. The molecule has 32 heavy (non-hydrogen) atoms. The highest BCUT2D eigenvalue weighted by Gasteiger charge is 2.25. The number of aromatic nitrogens is 3.